The van der Waals surface area contributed by atoms with Crippen LogP contribution in [0.1, 0.15) is 333 Å². The smallest absolute Gasteiger partial charge is 0.392 e. The first-order valence-electron chi connectivity index (χ1n) is 55.9. The molecule has 7 N–H and O–H groups in total. The van der Waals surface area contributed by atoms with Crippen LogP contribution in [0.2, 0.25) is 0 Å². The third-order valence-electron chi connectivity index (χ3n) is 29.6. The zero-order valence-electron chi connectivity index (χ0n) is 92.9. The number of unbranched alkanes of at least 4 members (excludes halogenated alkanes) is 3. The molecule has 0 saturated heterocycles. The number of aliphatic hydroxyl groups excluding tert-OH is 5. The molecule has 812 valence electrons. The monoisotopic (exact) mass is 2030 g/mol. The molecular formula is C127H187F5N8O7. The molecule has 5 atom stereocenters. The van der Waals surface area contributed by atoms with Crippen molar-refractivity contribution in [2.45, 2.75) is 320 Å². The predicted molar refractivity (Wildman–Crippen MR) is 615 cm³/mol. The molecular weight excluding hydrogens is 1840 g/mol. The van der Waals surface area contributed by atoms with Gasteiger partial charge in [0, 0.05) is 163 Å². The van der Waals surface area contributed by atoms with Crippen molar-refractivity contribution in [1.82, 2.24) is 0 Å². The van der Waals surface area contributed by atoms with E-state index in [-0.39, 0.29) is 36.7 Å². The number of hydrogen-bond acceptors (Lipinski definition) is 15. The van der Waals surface area contributed by atoms with Gasteiger partial charge in [0.15, 0.2) is 5.60 Å². The largest absolute Gasteiger partial charge is 0.421 e. The lowest BCUT2D eigenvalue weighted by atomic mass is 9.75. The number of halogens is 5. The van der Waals surface area contributed by atoms with Crippen LogP contribution in [0, 0.1) is 11.8 Å². The van der Waals surface area contributed by atoms with Crippen LogP contribution in [0.15, 0.2) is 255 Å². The summed E-state index contributed by atoms with van der Waals surface area (Å²) < 4.78 is 67.7. The van der Waals surface area contributed by atoms with E-state index in [0.717, 1.165) is 187 Å². The lowest BCUT2D eigenvalue weighted by molar-refractivity contribution is -0.269. The topological polar surface area (TPSA) is 168 Å². The molecule has 10 aromatic rings. The Morgan fingerprint density at radius 2 is 0.626 bits per heavy atom. The summed E-state index contributed by atoms with van der Waals surface area (Å²) in [6, 6.07) is 83.3. The maximum Gasteiger partial charge on any atom is 0.421 e. The van der Waals surface area contributed by atoms with Gasteiger partial charge in [0.1, 0.15) is 12.2 Å². The average Bonchev–Trinajstić information content (AvgIpc) is 0.778. The third kappa shape index (κ3) is 40.3. The Hall–Kier alpha value is -10.0. The summed E-state index contributed by atoms with van der Waals surface area (Å²) in [5, 5.41) is 70.3. The fraction of sp³-hybridized carbons (Fsp3) is 0.528. The van der Waals surface area contributed by atoms with Gasteiger partial charge in [-0.25, -0.2) is 8.78 Å². The van der Waals surface area contributed by atoms with Crippen molar-refractivity contribution in [3.63, 3.8) is 0 Å². The molecule has 3 fully saturated rings. The normalized spacial score (nSPS) is 14.5. The predicted octanol–water partition coefficient (Wildman–Crippen LogP) is 30.4. The molecule has 0 radical (unpaired) electrons. The van der Waals surface area contributed by atoms with Gasteiger partial charge in [-0.1, -0.05) is 242 Å². The van der Waals surface area contributed by atoms with Crippen molar-refractivity contribution in [2.24, 2.45) is 11.8 Å². The highest BCUT2D eigenvalue weighted by atomic mass is 19.4. The Kier molecular flexibility index (Phi) is 58.0. The van der Waals surface area contributed by atoms with E-state index in [1.54, 1.807) is 36.4 Å². The van der Waals surface area contributed by atoms with E-state index in [9.17, 15) is 52.6 Å². The minimum atomic E-state index is -4.67. The number of anilines is 8. The van der Waals surface area contributed by atoms with Crippen molar-refractivity contribution in [3.05, 3.63) is 310 Å². The van der Waals surface area contributed by atoms with Crippen LogP contribution in [0.4, 0.5) is 67.5 Å². The van der Waals surface area contributed by atoms with Gasteiger partial charge in [-0.15, -0.1) is 0 Å². The number of nitrogens with zero attached hydrogens (tertiary/aromatic N) is 8. The van der Waals surface area contributed by atoms with E-state index in [1.165, 1.54) is 122 Å². The van der Waals surface area contributed by atoms with E-state index < -0.39 is 41.6 Å². The van der Waals surface area contributed by atoms with Crippen LogP contribution in [-0.4, -0.2) is 153 Å². The van der Waals surface area contributed by atoms with Crippen LogP contribution < -0.4 is 39.2 Å². The lowest BCUT2D eigenvalue weighted by Crippen LogP contribution is -2.42. The SMILES string of the molecule is CCCCC(F)(F)C(O)c1ccc(N(CC)CC)cc1.CCCCCC(O)(c1ccc(N(CC)CC)cc1)C(F)(F)F.CCN(CC)c1ccc(C(O)C2CCCCC2)cc1.CCN(CC)c1ccc(C(O)Cc2ccccc2)cc1.CCN(CC)c1ccc(C(O)c2ccccc2)cc1.CCN(CC)c1ccc(C2(O)CCC2)cc1.CCN(CC)c1ccc(CC2CCCCC2)cc1.CCN(CC)c1ccc(CO)cc1. The summed E-state index contributed by atoms with van der Waals surface area (Å²) in [7, 11) is 0. The van der Waals surface area contributed by atoms with Gasteiger partial charge >= 0.3 is 6.18 Å². The fourth-order valence-corrected chi connectivity index (χ4v) is 19.7. The van der Waals surface area contributed by atoms with E-state index in [1.807, 2.05) is 144 Å². The maximum absolute atomic E-state index is 13.8. The molecule has 13 rings (SSSR count). The Morgan fingerprint density at radius 3 is 0.966 bits per heavy atom. The molecule has 0 aliphatic heterocycles. The molecule has 10 aromatic carbocycles. The van der Waals surface area contributed by atoms with Crippen LogP contribution >= 0.6 is 0 Å². The second kappa shape index (κ2) is 67.9. The summed E-state index contributed by atoms with van der Waals surface area (Å²) in [4.78, 5) is 18.1. The summed E-state index contributed by atoms with van der Waals surface area (Å²) >= 11 is 0. The summed E-state index contributed by atoms with van der Waals surface area (Å²) in [5.41, 5.74) is 14.9. The molecule has 15 nitrogen and oxygen atoms in total. The number of benzene rings is 10. The summed E-state index contributed by atoms with van der Waals surface area (Å²) in [5.74, 6) is -1.65. The number of hydrogen-bond donors (Lipinski definition) is 7. The van der Waals surface area contributed by atoms with Gasteiger partial charge in [0.2, 0.25) is 0 Å². The van der Waals surface area contributed by atoms with Gasteiger partial charge in [0.05, 0.1) is 24.4 Å². The molecule has 0 heterocycles. The van der Waals surface area contributed by atoms with E-state index >= 15 is 0 Å². The Balaban J connectivity index is 0.000000257. The minimum absolute atomic E-state index is 0.0768. The van der Waals surface area contributed by atoms with Crippen molar-refractivity contribution in [2.75, 3.05) is 144 Å². The van der Waals surface area contributed by atoms with Crippen molar-refractivity contribution >= 4 is 45.5 Å². The molecule has 0 aromatic heterocycles. The highest BCUT2D eigenvalue weighted by Gasteiger charge is 2.54. The molecule has 3 saturated carbocycles. The van der Waals surface area contributed by atoms with Crippen LogP contribution in [-0.2, 0) is 30.7 Å². The fourth-order valence-electron chi connectivity index (χ4n) is 19.7. The van der Waals surface area contributed by atoms with Gasteiger partial charge in [0.25, 0.3) is 5.92 Å². The van der Waals surface area contributed by atoms with Gasteiger partial charge in [-0.3, -0.25) is 0 Å². The molecule has 20 heteroatoms. The van der Waals surface area contributed by atoms with Crippen LogP contribution in [0.3, 0.4) is 0 Å². The van der Waals surface area contributed by atoms with Crippen LogP contribution in [0.25, 0.3) is 0 Å². The van der Waals surface area contributed by atoms with Gasteiger partial charge in [-0.05, 0) is 333 Å². The molecule has 0 bridgehead atoms. The standard InChI is InChI=1S/C18H23NO.C17H26F3NO.C17H27NO.C17H21NO.C17H27N.C16H25F2NO.C14H21NO.C11H17NO/c1-3-19(4-2)17-12-10-16(11-13-17)18(20)14-15-8-6-5-7-9-15;1-4-7-8-13-16(22,17(18,19)20)14-9-11-15(12-10-14)21(5-2)6-3;2*1-3-18(4-2)16-12-10-15(11-13-16)17(19)14-8-6-5-7-9-14;1-3-18(4-2)17-12-10-16(11-13-17)14-15-8-6-5-7-9-15;1-4-7-12-16(17,18)15(20)13-8-10-14(11-9-13)19(5-2)6-3;1-3-15(4-2)13-8-6-12(7-9-13)14(16)10-5-11-14;1-3-12(4-2)11-7-5-10(9-13)6-8-11/h5-13,18,20H,3-4,14H2,1-2H3;9-12,22H,4-8,13H2,1-3H3;10-14,17,19H,3-9H2,1-2H3;5-13,17,19H,3-4H2,1-2H3;10-13,15H,3-9,14H2,1-2H3;8-11,15,20H,4-7,12H2,1-3H3;6-9,16H,3-5,10-11H2,1-2H3;5-8,13H,3-4,9H2,1-2H3. The molecule has 3 aliphatic rings. The zero-order chi connectivity index (χ0) is 108. The Morgan fingerprint density at radius 1 is 0.313 bits per heavy atom. The molecule has 5 unspecified atom stereocenters. The lowest BCUT2D eigenvalue weighted by Gasteiger charge is -2.37. The first kappa shape index (κ1) is 126. The van der Waals surface area contributed by atoms with E-state index in [0.29, 0.717) is 38.0 Å². The van der Waals surface area contributed by atoms with Gasteiger partial charge in [-0.2, -0.15) is 13.2 Å². The molecule has 0 spiro atoms. The first-order valence-corrected chi connectivity index (χ1v) is 55.9. The van der Waals surface area contributed by atoms with Crippen molar-refractivity contribution in [1.29, 1.82) is 0 Å². The van der Waals surface area contributed by atoms with E-state index in [2.05, 4.69) is 227 Å². The quantitative estimate of drug-likeness (QED) is 0.0142. The summed E-state index contributed by atoms with van der Waals surface area (Å²) in [6.45, 7) is 53.7. The van der Waals surface area contributed by atoms with E-state index in [4.69, 9.17) is 5.11 Å². The average molecular weight is 2030 g/mol. The van der Waals surface area contributed by atoms with Crippen molar-refractivity contribution < 1.29 is 57.7 Å². The second-order valence-electron chi connectivity index (χ2n) is 38.9. The number of aliphatic hydroxyl groups is 7. The zero-order valence-corrected chi connectivity index (χ0v) is 92.9. The minimum Gasteiger partial charge on any atom is -0.392 e. The molecule has 0 amide bonds. The summed E-state index contributed by atoms with van der Waals surface area (Å²) in [6.07, 6.45) is 13.1. The number of rotatable bonds is 45. The first-order chi connectivity index (χ1) is 70.8. The Bertz CT molecular complexity index is 4990. The highest BCUT2D eigenvalue weighted by molar-refractivity contribution is 5.55. The van der Waals surface area contributed by atoms with Gasteiger partial charge < -0.3 is 74.9 Å². The molecule has 147 heavy (non-hydrogen) atoms. The second-order valence-corrected chi connectivity index (χ2v) is 38.9. The third-order valence-corrected chi connectivity index (χ3v) is 29.6. The maximum atomic E-state index is 13.8. The van der Waals surface area contributed by atoms with Crippen molar-refractivity contribution in [3.8, 4) is 0 Å². The molecule has 3 aliphatic carbocycles. The number of alkyl halides is 5. The Labute approximate surface area is 884 Å². The van der Waals surface area contributed by atoms with Crippen LogP contribution in [0.5, 0.6) is 0 Å². The highest BCUT2D eigenvalue weighted by Crippen LogP contribution is 2.45.